The van der Waals surface area contributed by atoms with Crippen LogP contribution in [0.3, 0.4) is 0 Å². The van der Waals surface area contributed by atoms with Crippen molar-refractivity contribution in [1.82, 2.24) is 14.9 Å². The number of hydrogen-bond acceptors (Lipinski definition) is 7. The number of likely N-dealkylation sites (N-methyl/N-ethyl adjacent to an activating group) is 1. The van der Waals surface area contributed by atoms with Crippen molar-refractivity contribution in [3.8, 4) is 0 Å². The Kier molecular flexibility index (Phi) is 5.37. The zero-order valence-corrected chi connectivity index (χ0v) is 19.8. The number of primary amides is 1. The second-order valence-corrected chi connectivity index (χ2v) is 10.3. The van der Waals surface area contributed by atoms with Crippen LogP contribution in [-0.4, -0.2) is 52.7 Å². The van der Waals surface area contributed by atoms with Gasteiger partial charge in [-0.05, 0) is 54.5 Å². The Morgan fingerprint density at radius 2 is 2.00 bits per heavy atom. The maximum absolute atomic E-state index is 11.4. The van der Waals surface area contributed by atoms with Gasteiger partial charge in [0.05, 0.1) is 12.2 Å². The van der Waals surface area contributed by atoms with Crippen molar-refractivity contribution in [2.24, 2.45) is 17.6 Å². The van der Waals surface area contributed by atoms with Crippen LogP contribution in [0, 0.1) is 11.8 Å². The molecule has 9 heteroatoms. The van der Waals surface area contributed by atoms with Gasteiger partial charge >= 0.3 is 6.09 Å². The molecule has 4 aliphatic rings. The number of rotatable bonds is 6. The van der Waals surface area contributed by atoms with Crippen LogP contribution < -0.4 is 16.4 Å². The zero-order chi connectivity index (χ0) is 23.4. The third-order valence-corrected chi connectivity index (χ3v) is 8.16. The second-order valence-electron chi connectivity index (χ2n) is 9.86. The van der Waals surface area contributed by atoms with Crippen molar-refractivity contribution in [1.29, 1.82) is 0 Å². The minimum Gasteiger partial charge on any atom is -0.444 e. The summed E-state index contributed by atoms with van der Waals surface area (Å²) in [5, 5.41) is 7.16. The fourth-order valence-electron chi connectivity index (χ4n) is 6.35. The normalized spacial score (nSPS) is 30.9. The number of likely N-dealkylation sites (tertiary alicyclic amines) is 1. The van der Waals surface area contributed by atoms with E-state index in [2.05, 4.69) is 62.8 Å². The molecular weight excluding hydrogens is 452 g/mol. The summed E-state index contributed by atoms with van der Waals surface area (Å²) in [4.78, 5) is 23.0. The van der Waals surface area contributed by atoms with E-state index in [9.17, 15) is 4.79 Å². The molecule has 6 unspecified atom stereocenters. The standard InChI is InChI=1S/C25H29ClN6O2/c1-2-32-11-15-8-16(12-32)19-9-17(5-6-18(15)19)29-25-28-10-20(26)23(31-25)30-21-13-3-4-14(7-13)22(21)34-24(27)33/h3-6,9-10,13-16,21-22H,2,7-8,11-12H2,1H3,(H2,27,33)(H2,28,29,30,31). The minimum absolute atomic E-state index is 0.136. The number of carbonyl (C=O) groups excluding carboxylic acids is 1. The summed E-state index contributed by atoms with van der Waals surface area (Å²) in [6.45, 7) is 5.62. The smallest absolute Gasteiger partial charge is 0.404 e. The predicted octanol–water partition coefficient (Wildman–Crippen LogP) is 4.23. The van der Waals surface area contributed by atoms with Crippen LogP contribution in [0.2, 0.25) is 5.02 Å². The van der Waals surface area contributed by atoms with Gasteiger partial charge in [-0.2, -0.15) is 4.98 Å². The van der Waals surface area contributed by atoms with Crippen molar-refractivity contribution >= 4 is 35.1 Å². The van der Waals surface area contributed by atoms with Crippen molar-refractivity contribution in [2.45, 2.75) is 43.7 Å². The van der Waals surface area contributed by atoms with Gasteiger partial charge in [0.15, 0.2) is 5.82 Å². The van der Waals surface area contributed by atoms with Crippen molar-refractivity contribution < 1.29 is 9.53 Å². The first-order valence-electron chi connectivity index (χ1n) is 12.0. The Morgan fingerprint density at radius 1 is 1.21 bits per heavy atom. The number of ether oxygens (including phenoxy) is 1. The fraction of sp³-hybridized carbons (Fsp3) is 0.480. The molecule has 0 spiro atoms. The summed E-state index contributed by atoms with van der Waals surface area (Å²) >= 11 is 6.43. The fourth-order valence-corrected chi connectivity index (χ4v) is 6.50. The number of amides is 1. The molecule has 1 saturated carbocycles. The first-order valence-corrected chi connectivity index (χ1v) is 12.4. The number of nitrogens with zero attached hydrogens (tertiary/aromatic N) is 3. The largest absolute Gasteiger partial charge is 0.444 e. The van der Waals surface area contributed by atoms with E-state index in [1.54, 1.807) is 6.20 Å². The SMILES string of the molecule is CCN1CC2CC(C1)c1cc(Nc3ncc(Cl)c(NC4C5C=CC(C5)C4OC(N)=O)n3)ccc12. The maximum atomic E-state index is 11.4. The topological polar surface area (TPSA) is 105 Å². The second kappa shape index (κ2) is 8.43. The number of benzene rings is 1. The highest BCUT2D eigenvalue weighted by molar-refractivity contribution is 6.32. The molecule has 2 fully saturated rings. The van der Waals surface area contributed by atoms with Crippen molar-refractivity contribution in [2.75, 3.05) is 30.3 Å². The average Bonchev–Trinajstić information content (AvgIpc) is 3.49. The molecule has 34 heavy (non-hydrogen) atoms. The average molecular weight is 481 g/mol. The lowest BCUT2D eigenvalue weighted by atomic mass is 9.96. The Labute approximate surface area is 203 Å². The van der Waals surface area contributed by atoms with Crippen molar-refractivity contribution in [3.63, 3.8) is 0 Å². The summed E-state index contributed by atoms with van der Waals surface area (Å²) in [7, 11) is 0. The molecule has 1 amide bonds. The van der Waals surface area contributed by atoms with E-state index < -0.39 is 6.09 Å². The number of fused-ring (bicyclic) bond motifs is 7. The van der Waals surface area contributed by atoms with Gasteiger partial charge in [-0.1, -0.05) is 36.7 Å². The summed E-state index contributed by atoms with van der Waals surface area (Å²) < 4.78 is 5.41. The molecule has 4 N–H and O–H groups in total. The summed E-state index contributed by atoms with van der Waals surface area (Å²) in [5.41, 5.74) is 9.21. The number of carbonyl (C=O) groups is 1. The molecule has 4 bridgehead atoms. The highest BCUT2D eigenvalue weighted by Gasteiger charge is 2.47. The van der Waals surface area contributed by atoms with Gasteiger partial charge in [-0.3, -0.25) is 0 Å². The quantitative estimate of drug-likeness (QED) is 0.531. The molecule has 2 aromatic rings. The van der Waals surface area contributed by atoms with E-state index in [-0.39, 0.29) is 24.0 Å². The molecular formula is C25H29ClN6O2. The molecule has 0 radical (unpaired) electrons. The van der Waals surface area contributed by atoms with Crippen LogP contribution >= 0.6 is 11.6 Å². The number of anilines is 3. The Bertz CT molecular complexity index is 1160. The minimum atomic E-state index is -0.767. The predicted molar refractivity (Wildman–Crippen MR) is 132 cm³/mol. The molecule has 1 aromatic carbocycles. The van der Waals surface area contributed by atoms with E-state index in [0.29, 0.717) is 28.6 Å². The van der Waals surface area contributed by atoms with Crippen LogP contribution in [0.4, 0.5) is 22.2 Å². The van der Waals surface area contributed by atoms with Crippen LogP contribution in [0.5, 0.6) is 0 Å². The molecule has 178 valence electrons. The molecule has 6 atom stereocenters. The monoisotopic (exact) mass is 480 g/mol. The Balaban J connectivity index is 1.21. The van der Waals surface area contributed by atoms with E-state index in [1.165, 1.54) is 17.5 Å². The number of nitrogens with two attached hydrogens (primary N) is 1. The highest BCUT2D eigenvalue weighted by Crippen LogP contribution is 2.47. The van der Waals surface area contributed by atoms with Gasteiger partial charge in [0.25, 0.3) is 0 Å². The van der Waals surface area contributed by atoms with Crippen molar-refractivity contribution in [3.05, 3.63) is 52.7 Å². The Morgan fingerprint density at radius 3 is 2.79 bits per heavy atom. The summed E-state index contributed by atoms with van der Waals surface area (Å²) in [6, 6.07) is 6.48. The van der Waals surface area contributed by atoms with Crippen LogP contribution in [0.1, 0.15) is 42.7 Å². The lowest BCUT2D eigenvalue weighted by molar-refractivity contribution is 0.0853. The molecule has 8 nitrogen and oxygen atoms in total. The third-order valence-electron chi connectivity index (χ3n) is 7.88. The zero-order valence-electron chi connectivity index (χ0n) is 19.1. The van der Waals surface area contributed by atoms with E-state index in [0.717, 1.165) is 31.7 Å². The van der Waals surface area contributed by atoms with Gasteiger partial charge in [0.1, 0.15) is 11.1 Å². The van der Waals surface area contributed by atoms with Gasteiger partial charge in [-0.25, -0.2) is 9.78 Å². The van der Waals surface area contributed by atoms with Gasteiger partial charge < -0.3 is 26.0 Å². The first kappa shape index (κ1) is 21.7. The van der Waals surface area contributed by atoms with Gasteiger partial charge in [0, 0.05) is 30.6 Å². The third kappa shape index (κ3) is 3.79. The van der Waals surface area contributed by atoms with E-state index in [4.69, 9.17) is 22.1 Å². The molecule has 1 saturated heterocycles. The maximum Gasteiger partial charge on any atom is 0.404 e. The molecule has 1 aliphatic heterocycles. The van der Waals surface area contributed by atoms with Crippen LogP contribution in [0.25, 0.3) is 0 Å². The van der Waals surface area contributed by atoms with Gasteiger partial charge in [-0.15, -0.1) is 0 Å². The Hall–Kier alpha value is -2.84. The molecule has 2 heterocycles. The highest BCUT2D eigenvalue weighted by atomic mass is 35.5. The van der Waals surface area contributed by atoms with Gasteiger partial charge in [0.2, 0.25) is 5.95 Å². The number of nitrogens with one attached hydrogen (secondary N) is 2. The van der Waals surface area contributed by atoms with E-state index >= 15 is 0 Å². The summed E-state index contributed by atoms with van der Waals surface area (Å²) in [6.07, 6.45) is 6.88. The number of halogens is 1. The van der Waals surface area contributed by atoms with Crippen LogP contribution in [0.15, 0.2) is 36.5 Å². The molecule has 6 rings (SSSR count). The lowest BCUT2D eigenvalue weighted by Crippen LogP contribution is -2.41. The molecule has 1 aromatic heterocycles. The van der Waals surface area contributed by atoms with Crippen LogP contribution in [-0.2, 0) is 4.74 Å². The van der Waals surface area contributed by atoms with E-state index in [1.807, 2.05) is 0 Å². The number of hydrogen-bond donors (Lipinski definition) is 3. The lowest BCUT2D eigenvalue weighted by Gasteiger charge is -2.30. The summed E-state index contributed by atoms with van der Waals surface area (Å²) in [5.74, 6) is 2.59. The first-order chi connectivity index (χ1) is 16.5. The molecule has 3 aliphatic carbocycles. The number of piperidine rings is 1. The number of aromatic nitrogens is 2.